The van der Waals surface area contributed by atoms with Gasteiger partial charge in [0, 0.05) is 36.3 Å². The number of unbranched alkanes of at least 4 members (excludes halogenated alkanes) is 1. The van der Waals surface area contributed by atoms with Crippen molar-refractivity contribution in [2.75, 3.05) is 26.1 Å². The Hall–Kier alpha value is -3.11. The molecule has 2 aromatic rings. The number of alkyl carbamates (subject to hydrolysis) is 1. The average Bonchev–Trinajstić information content (AvgIpc) is 2.92. The van der Waals surface area contributed by atoms with Crippen LogP contribution in [0.15, 0.2) is 18.2 Å². The maximum absolute atomic E-state index is 15.7. The lowest BCUT2D eigenvalue weighted by Gasteiger charge is -2.33. The number of rotatable bonds is 13. The molecule has 1 saturated carbocycles. The van der Waals surface area contributed by atoms with Crippen LogP contribution in [0.2, 0.25) is 5.15 Å². The minimum atomic E-state index is -0.666. The summed E-state index contributed by atoms with van der Waals surface area (Å²) < 4.78 is 31.6. The molecule has 1 fully saturated rings. The summed E-state index contributed by atoms with van der Waals surface area (Å²) in [6.07, 6.45) is 5.01. The standard InChI is InChI=1S/C27H36ClFN4O5/c1-4-5-12-38-27(35)32-22-9-7-6-8-21(22)31-26-24(29)19(20(16-34)25(28)33-26)15-30-14-17-10-11-18(36-2)13-23(17)37-3/h10-11,13,16,21-22,30H,4-9,12,14-15H2,1-3H3,(H,31,33)(H,32,35)/t21-,22+/m1/s1. The maximum atomic E-state index is 15.7. The van der Waals surface area contributed by atoms with Crippen molar-refractivity contribution >= 4 is 29.8 Å². The average molecular weight is 551 g/mol. The van der Waals surface area contributed by atoms with Gasteiger partial charge in [0.05, 0.1) is 32.4 Å². The fraction of sp³-hybridized carbons (Fsp3) is 0.519. The molecule has 208 valence electrons. The van der Waals surface area contributed by atoms with E-state index >= 15 is 4.39 Å². The van der Waals surface area contributed by atoms with Gasteiger partial charge in [0.1, 0.15) is 16.7 Å². The second kappa shape index (κ2) is 14.7. The highest BCUT2D eigenvalue weighted by Crippen LogP contribution is 2.29. The summed E-state index contributed by atoms with van der Waals surface area (Å²) in [5.41, 5.74) is 0.929. The van der Waals surface area contributed by atoms with E-state index < -0.39 is 11.9 Å². The first kappa shape index (κ1) is 29.4. The number of nitrogens with one attached hydrogen (secondary N) is 3. The molecule has 3 rings (SSSR count). The first-order valence-electron chi connectivity index (χ1n) is 12.9. The van der Waals surface area contributed by atoms with E-state index in [0.717, 1.165) is 37.7 Å². The lowest BCUT2D eigenvalue weighted by molar-refractivity contribution is 0.112. The number of amides is 1. The van der Waals surface area contributed by atoms with Crippen molar-refractivity contribution in [1.29, 1.82) is 0 Å². The molecule has 38 heavy (non-hydrogen) atoms. The van der Waals surface area contributed by atoms with Crippen molar-refractivity contribution in [1.82, 2.24) is 15.6 Å². The minimum absolute atomic E-state index is 0.0123. The Morgan fingerprint density at radius 1 is 1.18 bits per heavy atom. The molecule has 1 aliphatic rings. The quantitative estimate of drug-likeness (QED) is 0.176. The van der Waals surface area contributed by atoms with Crippen molar-refractivity contribution < 1.29 is 28.2 Å². The van der Waals surface area contributed by atoms with Crippen molar-refractivity contribution in [2.45, 2.75) is 70.6 Å². The molecular weight excluding hydrogens is 515 g/mol. The van der Waals surface area contributed by atoms with Gasteiger partial charge in [-0.15, -0.1) is 0 Å². The minimum Gasteiger partial charge on any atom is -0.497 e. The first-order valence-corrected chi connectivity index (χ1v) is 13.2. The van der Waals surface area contributed by atoms with E-state index in [1.807, 2.05) is 13.0 Å². The molecule has 0 radical (unpaired) electrons. The first-order chi connectivity index (χ1) is 18.4. The van der Waals surface area contributed by atoms with Gasteiger partial charge in [0.25, 0.3) is 0 Å². The Kier molecular flexibility index (Phi) is 11.4. The van der Waals surface area contributed by atoms with Gasteiger partial charge < -0.3 is 30.2 Å². The van der Waals surface area contributed by atoms with E-state index in [9.17, 15) is 9.59 Å². The Balaban J connectivity index is 1.74. The molecule has 3 N–H and O–H groups in total. The van der Waals surface area contributed by atoms with Gasteiger partial charge in [-0.05, 0) is 25.3 Å². The highest BCUT2D eigenvalue weighted by Gasteiger charge is 2.29. The van der Waals surface area contributed by atoms with Crippen LogP contribution in [0, 0.1) is 5.82 Å². The molecule has 0 spiro atoms. The van der Waals surface area contributed by atoms with Crippen LogP contribution in [0.3, 0.4) is 0 Å². The third-order valence-corrected chi connectivity index (χ3v) is 6.87. The lowest BCUT2D eigenvalue weighted by Crippen LogP contribution is -2.49. The van der Waals surface area contributed by atoms with Crippen LogP contribution in [0.25, 0.3) is 0 Å². The van der Waals surface area contributed by atoms with Gasteiger partial charge in [0.2, 0.25) is 0 Å². The monoisotopic (exact) mass is 550 g/mol. The molecule has 0 saturated heterocycles. The third kappa shape index (κ3) is 7.70. The number of halogens is 2. The van der Waals surface area contributed by atoms with Crippen molar-refractivity contribution in [2.24, 2.45) is 0 Å². The second-order valence-electron chi connectivity index (χ2n) is 9.13. The molecular formula is C27H36ClFN4O5. The van der Waals surface area contributed by atoms with Crippen LogP contribution in [0.4, 0.5) is 15.0 Å². The molecule has 9 nitrogen and oxygen atoms in total. The van der Waals surface area contributed by atoms with Crippen LogP contribution in [-0.4, -0.2) is 50.3 Å². The number of aromatic nitrogens is 1. The third-order valence-electron chi connectivity index (χ3n) is 6.58. The predicted molar refractivity (Wildman–Crippen MR) is 144 cm³/mol. The number of pyridine rings is 1. The fourth-order valence-electron chi connectivity index (χ4n) is 4.46. The van der Waals surface area contributed by atoms with Gasteiger partial charge in [-0.2, -0.15) is 0 Å². The summed E-state index contributed by atoms with van der Waals surface area (Å²) in [6.45, 7) is 2.75. The molecule has 1 aromatic heterocycles. The van der Waals surface area contributed by atoms with Crippen LogP contribution < -0.4 is 25.4 Å². The van der Waals surface area contributed by atoms with Crippen molar-refractivity contribution in [3.63, 3.8) is 0 Å². The zero-order valence-electron chi connectivity index (χ0n) is 22.1. The van der Waals surface area contributed by atoms with Gasteiger partial charge in [-0.3, -0.25) is 4.79 Å². The van der Waals surface area contributed by atoms with E-state index in [1.165, 1.54) is 0 Å². The highest BCUT2D eigenvalue weighted by atomic mass is 35.5. The number of carbonyl (C=O) groups is 2. The Morgan fingerprint density at radius 3 is 2.63 bits per heavy atom. The maximum Gasteiger partial charge on any atom is 0.407 e. The van der Waals surface area contributed by atoms with E-state index in [-0.39, 0.29) is 40.7 Å². The molecule has 1 amide bonds. The van der Waals surface area contributed by atoms with Crippen LogP contribution >= 0.6 is 11.6 Å². The van der Waals surface area contributed by atoms with Gasteiger partial charge >= 0.3 is 6.09 Å². The number of anilines is 1. The summed E-state index contributed by atoms with van der Waals surface area (Å²) in [6, 6.07) is 4.88. The van der Waals surface area contributed by atoms with Gasteiger partial charge in [-0.1, -0.05) is 43.9 Å². The number of carbonyl (C=O) groups excluding carboxylic acids is 2. The number of methoxy groups -OCH3 is 2. The predicted octanol–water partition coefficient (Wildman–Crippen LogP) is 5.24. The summed E-state index contributed by atoms with van der Waals surface area (Å²) >= 11 is 6.29. The van der Waals surface area contributed by atoms with E-state index in [4.69, 9.17) is 25.8 Å². The van der Waals surface area contributed by atoms with E-state index in [0.29, 0.717) is 37.4 Å². The largest absolute Gasteiger partial charge is 0.497 e. The molecule has 1 aromatic carbocycles. The zero-order chi connectivity index (χ0) is 27.5. The number of hydrogen-bond acceptors (Lipinski definition) is 8. The topological polar surface area (TPSA) is 111 Å². The number of hydrogen-bond donors (Lipinski definition) is 3. The van der Waals surface area contributed by atoms with Gasteiger partial charge in [0.15, 0.2) is 17.9 Å². The number of nitrogens with zero attached hydrogens (tertiary/aromatic N) is 1. The Labute approximate surface area is 227 Å². The molecule has 11 heteroatoms. The molecule has 0 aliphatic heterocycles. The van der Waals surface area contributed by atoms with Crippen LogP contribution in [-0.2, 0) is 17.8 Å². The fourth-order valence-corrected chi connectivity index (χ4v) is 4.70. The summed E-state index contributed by atoms with van der Waals surface area (Å²) in [7, 11) is 3.13. The van der Waals surface area contributed by atoms with E-state index in [2.05, 4.69) is 20.9 Å². The molecule has 1 aliphatic carbocycles. The molecule has 1 heterocycles. The zero-order valence-corrected chi connectivity index (χ0v) is 22.8. The normalized spacial score (nSPS) is 17.0. The number of benzene rings is 1. The van der Waals surface area contributed by atoms with Gasteiger partial charge in [-0.25, -0.2) is 14.2 Å². The molecule has 0 bridgehead atoms. The second-order valence-corrected chi connectivity index (χ2v) is 9.49. The summed E-state index contributed by atoms with van der Waals surface area (Å²) in [4.78, 5) is 28.1. The molecule has 0 unspecified atom stereocenters. The van der Waals surface area contributed by atoms with Crippen LogP contribution in [0.5, 0.6) is 11.5 Å². The van der Waals surface area contributed by atoms with Crippen molar-refractivity contribution in [3.05, 3.63) is 45.9 Å². The Morgan fingerprint density at radius 2 is 1.95 bits per heavy atom. The highest BCUT2D eigenvalue weighted by molar-refractivity contribution is 6.32. The SMILES string of the molecule is CCCCOC(=O)N[C@H]1CCCC[C@H]1Nc1nc(Cl)c(C=O)c(CNCc2ccc(OC)cc2OC)c1F. The number of ether oxygens (including phenoxy) is 3. The van der Waals surface area contributed by atoms with Crippen molar-refractivity contribution in [3.8, 4) is 11.5 Å². The summed E-state index contributed by atoms with van der Waals surface area (Å²) in [5.74, 6) is 0.548. The van der Waals surface area contributed by atoms with E-state index in [1.54, 1.807) is 26.4 Å². The molecule has 2 atom stereocenters. The number of aldehydes is 1. The Bertz CT molecular complexity index is 1100. The lowest BCUT2D eigenvalue weighted by atomic mass is 9.90. The smallest absolute Gasteiger partial charge is 0.407 e. The van der Waals surface area contributed by atoms with Crippen LogP contribution in [0.1, 0.15) is 66.9 Å². The summed E-state index contributed by atoms with van der Waals surface area (Å²) in [5, 5.41) is 9.08.